The van der Waals surface area contributed by atoms with E-state index in [-0.39, 0.29) is 11.6 Å². The summed E-state index contributed by atoms with van der Waals surface area (Å²) < 4.78 is 7.73. The van der Waals surface area contributed by atoms with Gasteiger partial charge in [-0.1, -0.05) is 0 Å². The van der Waals surface area contributed by atoms with Gasteiger partial charge in [-0.3, -0.25) is 4.68 Å². The summed E-state index contributed by atoms with van der Waals surface area (Å²) in [6.07, 6.45) is 5.89. The number of nitrogens with two attached hydrogens (primary N) is 1. The zero-order valence-electron chi connectivity index (χ0n) is 9.78. The SMILES string of the molecule is Cn1nc(C2(N)CC2)cc1C1CCCCO1. The van der Waals surface area contributed by atoms with Crippen LogP contribution in [0.15, 0.2) is 6.07 Å². The molecule has 1 atom stereocenters. The molecule has 4 nitrogen and oxygen atoms in total. The van der Waals surface area contributed by atoms with Crippen LogP contribution in [0.2, 0.25) is 0 Å². The van der Waals surface area contributed by atoms with Crippen LogP contribution >= 0.6 is 0 Å². The Morgan fingerprint density at radius 1 is 1.50 bits per heavy atom. The second-order valence-corrected chi connectivity index (χ2v) is 5.09. The molecule has 0 bridgehead atoms. The molecule has 0 radical (unpaired) electrons. The number of hydrogen-bond acceptors (Lipinski definition) is 3. The monoisotopic (exact) mass is 221 g/mol. The van der Waals surface area contributed by atoms with Crippen LogP contribution in [0.25, 0.3) is 0 Å². The lowest BCUT2D eigenvalue weighted by Gasteiger charge is -2.22. The van der Waals surface area contributed by atoms with E-state index in [0.29, 0.717) is 0 Å². The van der Waals surface area contributed by atoms with Crippen LogP contribution in [-0.4, -0.2) is 16.4 Å². The number of aromatic nitrogens is 2. The van der Waals surface area contributed by atoms with Crippen LogP contribution in [0, 0.1) is 0 Å². The first-order valence-corrected chi connectivity index (χ1v) is 6.14. The quantitative estimate of drug-likeness (QED) is 0.825. The van der Waals surface area contributed by atoms with E-state index in [0.717, 1.165) is 31.6 Å². The number of nitrogens with zero attached hydrogens (tertiary/aromatic N) is 2. The van der Waals surface area contributed by atoms with Crippen molar-refractivity contribution in [2.75, 3.05) is 6.61 Å². The second kappa shape index (κ2) is 3.57. The van der Waals surface area contributed by atoms with E-state index >= 15 is 0 Å². The molecule has 1 saturated heterocycles. The van der Waals surface area contributed by atoms with Gasteiger partial charge in [0.15, 0.2) is 0 Å². The Morgan fingerprint density at radius 3 is 2.94 bits per heavy atom. The highest BCUT2D eigenvalue weighted by atomic mass is 16.5. The minimum absolute atomic E-state index is 0.134. The van der Waals surface area contributed by atoms with Gasteiger partial charge in [-0.2, -0.15) is 5.10 Å². The van der Waals surface area contributed by atoms with Gasteiger partial charge in [-0.05, 0) is 38.2 Å². The minimum Gasteiger partial charge on any atom is -0.372 e. The van der Waals surface area contributed by atoms with Crippen molar-refractivity contribution in [3.63, 3.8) is 0 Å². The van der Waals surface area contributed by atoms with E-state index in [1.807, 2.05) is 11.7 Å². The van der Waals surface area contributed by atoms with E-state index < -0.39 is 0 Å². The third kappa shape index (κ3) is 1.66. The van der Waals surface area contributed by atoms with Crippen molar-refractivity contribution in [2.45, 2.75) is 43.7 Å². The topological polar surface area (TPSA) is 53.1 Å². The Hall–Kier alpha value is -0.870. The van der Waals surface area contributed by atoms with Gasteiger partial charge < -0.3 is 10.5 Å². The summed E-state index contributed by atoms with van der Waals surface area (Å²) in [6.45, 7) is 0.874. The molecule has 16 heavy (non-hydrogen) atoms. The van der Waals surface area contributed by atoms with Crippen LogP contribution in [0.3, 0.4) is 0 Å². The highest BCUT2D eigenvalue weighted by Gasteiger charge is 2.43. The summed E-state index contributed by atoms with van der Waals surface area (Å²) in [5.74, 6) is 0. The third-order valence-electron chi connectivity index (χ3n) is 3.72. The molecule has 0 aromatic carbocycles. The predicted octanol–water partition coefficient (Wildman–Crippen LogP) is 1.61. The van der Waals surface area contributed by atoms with E-state index in [1.165, 1.54) is 18.5 Å². The summed E-state index contributed by atoms with van der Waals surface area (Å²) >= 11 is 0. The van der Waals surface area contributed by atoms with E-state index in [4.69, 9.17) is 10.5 Å². The van der Waals surface area contributed by atoms with Gasteiger partial charge in [-0.15, -0.1) is 0 Å². The van der Waals surface area contributed by atoms with Crippen molar-refractivity contribution < 1.29 is 4.74 Å². The highest BCUT2D eigenvalue weighted by molar-refractivity contribution is 5.25. The summed E-state index contributed by atoms with van der Waals surface area (Å²) in [5, 5.41) is 4.53. The highest BCUT2D eigenvalue weighted by Crippen LogP contribution is 2.43. The Morgan fingerprint density at radius 2 is 2.31 bits per heavy atom. The second-order valence-electron chi connectivity index (χ2n) is 5.09. The molecule has 0 spiro atoms. The Labute approximate surface area is 95.8 Å². The molecule has 1 aliphatic carbocycles. The first-order valence-electron chi connectivity index (χ1n) is 6.14. The molecule has 2 N–H and O–H groups in total. The Bertz CT molecular complexity index is 389. The van der Waals surface area contributed by atoms with Gasteiger partial charge in [0.1, 0.15) is 0 Å². The van der Waals surface area contributed by atoms with Crippen molar-refractivity contribution in [2.24, 2.45) is 12.8 Å². The first kappa shape index (κ1) is 10.3. The molecule has 1 aliphatic heterocycles. The average molecular weight is 221 g/mol. The average Bonchev–Trinajstić information content (AvgIpc) is 2.92. The number of ether oxygens (including phenoxy) is 1. The van der Waals surface area contributed by atoms with Crippen LogP contribution < -0.4 is 5.73 Å². The van der Waals surface area contributed by atoms with Gasteiger partial charge >= 0.3 is 0 Å². The maximum absolute atomic E-state index is 6.16. The fourth-order valence-corrected chi connectivity index (χ4v) is 2.39. The van der Waals surface area contributed by atoms with Gasteiger partial charge in [0.05, 0.1) is 23.0 Å². The molecule has 2 aliphatic rings. The minimum atomic E-state index is -0.134. The van der Waals surface area contributed by atoms with Crippen LogP contribution in [-0.2, 0) is 17.3 Å². The molecule has 1 aromatic heterocycles. The standard InChI is InChI=1S/C12H19N3O/c1-15-9(10-4-2-3-7-16-10)8-11(14-15)12(13)5-6-12/h8,10H,2-7,13H2,1H3. The van der Waals surface area contributed by atoms with Crippen molar-refractivity contribution in [3.8, 4) is 0 Å². The molecule has 1 saturated carbocycles. The number of hydrogen-bond donors (Lipinski definition) is 1. The van der Waals surface area contributed by atoms with Gasteiger partial charge in [-0.25, -0.2) is 0 Å². The van der Waals surface area contributed by atoms with E-state index in [9.17, 15) is 0 Å². The lowest BCUT2D eigenvalue weighted by Crippen LogP contribution is -2.19. The molecule has 0 amide bonds. The van der Waals surface area contributed by atoms with Crippen molar-refractivity contribution >= 4 is 0 Å². The Balaban J connectivity index is 1.86. The van der Waals surface area contributed by atoms with Crippen LogP contribution in [0.5, 0.6) is 0 Å². The summed E-state index contributed by atoms with van der Waals surface area (Å²) in [5.41, 5.74) is 8.26. The lowest BCUT2D eigenvalue weighted by atomic mass is 10.1. The molecular formula is C12H19N3O. The maximum Gasteiger partial charge on any atom is 0.0991 e. The molecule has 88 valence electrons. The first-order chi connectivity index (χ1) is 7.69. The van der Waals surface area contributed by atoms with Gasteiger partial charge in [0.25, 0.3) is 0 Å². The van der Waals surface area contributed by atoms with Crippen LogP contribution in [0.1, 0.15) is 49.6 Å². The predicted molar refractivity (Wildman–Crippen MR) is 60.9 cm³/mol. The van der Waals surface area contributed by atoms with E-state index in [2.05, 4.69) is 11.2 Å². The molecule has 4 heteroatoms. The maximum atomic E-state index is 6.16. The van der Waals surface area contributed by atoms with Gasteiger partial charge in [0.2, 0.25) is 0 Å². The number of aryl methyl sites for hydroxylation is 1. The third-order valence-corrected chi connectivity index (χ3v) is 3.72. The van der Waals surface area contributed by atoms with Crippen molar-refractivity contribution in [3.05, 3.63) is 17.5 Å². The lowest BCUT2D eigenvalue weighted by molar-refractivity contribution is 0.0101. The summed E-state index contributed by atoms with van der Waals surface area (Å²) in [6, 6.07) is 2.14. The Kier molecular flexibility index (Phi) is 2.30. The normalized spacial score (nSPS) is 28.0. The van der Waals surface area contributed by atoms with Crippen molar-refractivity contribution in [1.82, 2.24) is 9.78 Å². The molecule has 1 aromatic rings. The molecule has 3 rings (SSSR count). The number of rotatable bonds is 2. The zero-order chi connectivity index (χ0) is 11.2. The summed E-state index contributed by atoms with van der Waals surface area (Å²) in [4.78, 5) is 0. The van der Waals surface area contributed by atoms with E-state index in [1.54, 1.807) is 0 Å². The summed E-state index contributed by atoms with van der Waals surface area (Å²) in [7, 11) is 1.99. The molecule has 1 unspecified atom stereocenters. The molecule has 2 heterocycles. The smallest absolute Gasteiger partial charge is 0.0991 e. The largest absolute Gasteiger partial charge is 0.372 e. The molecular weight excluding hydrogens is 202 g/mol. The molecule has 2 fully saturated rings. The van der Waals surface area contributed by atoms with Gasteiger partial charge in [0, 0.05) is 13.7 Å². The fourth-order valence-electron chi connectivity index (χ4n) is 2.39. The zero-order valence-corrected chi connectivity index (χ0v) is 9.78. The van der Waals surface area contributed by atoms with Crippen LogP contribution in [0.4, 0.5) is 0 Å². The van der Waals surface area contributed by atoms with Crippen molar-refractivity contribution in [1.29, 1.82) is 0 Å². The fraction of sp³-hybridized carbons (Fsp3) is 0.750.